The third-order valence-corrected chi connectivity index (χ3v) is 3.24. The van der Waals surface area contributed by atoms with Crippen molar-refractivity contribution in [3.63, 3.8) is 0 Å². The Morgan fingerprint density at radius 1 is 1.56 bits per heavy atom. The second kappa shape index (κ2) is 5.25. The molecule has 1 aromatic heterocycles. The molecule has 98 valence electrons. The minimum Gasteiger partial charge on any atom is -0.330 e. The van der Waals surface area contributed by atoms with E-state index >= 15 is 0 Å². The highest BCUT2D eigenvalue weighted by molar-refractivity contribution is 5.75. The molecule has 1 aliphatic heterocycles. The Hall–Kier alpha value is -1.78. The van der Waals surface area contributed by atoms with Gasteiger partial charge in [-0.15, -0.1) is 0 Å². The number of nitrogens with one attached hydrogen (secondary N) is 1. The van der Waals surface area contributed by atoms with Gasteiger partial charge >= 0.3 is 6.03 Å². The minimum absolute atomic E-state index is 0.0168. The van der Waals surface area contributed by atoms with Gasteiger partial charge < -0.3 is 10.2 Å². The molecule has 1 N–H and O–H groups in total. The van der Waals surface area contributed by atoms with E-state index in [1.807, 2.05) is 31.1 Å². The summed E-state index contributed by atoms with van der Waals surface area (Å²) in [6.07, 6.45) is 4.95. The molecule has 0 saturated carbocycles. The van der Waals surface area contributed by atoms with E-state index in [2.05, 4.69) is 23.4 Å². The summed E-state index contributed by atoms with van der Waals surface area (Å²) in [5, 5.41) is 7.27. The summed E-state index contributed by atoms with van der Waals surface area (Å²) in [6.45, 7) is 5.55. The molecule has 0 spiro atoms. The lowest BCUT2D eigenvalue weighted by molar-refractivity contribution is 0.198. The smallest absolute Gasteiger partial charge is 0.318 e. The zero-order valence-electron chi connectivity index (χ0n) is 11.2. The predicted octanol–water partition coefficient (Wildman–Crippen LogP) is 1.84. The first-order valence-corrected chi connectivity index (χ1v) is 6.27. The molecule has 2 heterocycles. The number of rotatable bonds is 2. The number of hydrogen-bond donors (Lipinski definition) is 1. The topological polar surface area (TPSA) is 50.2 Å². The van der Waals surface area contributed by atoms with Crippen molar-refractivity contribution in [2.75, 3.05) is 13.1 Å². The van der Waals surface area contributed by atoms with Crippen LogP contribution in [0.4, 0.5) is 4.79 Å². The van der Waals surface area contributed by atoms with Gasteiger partial charge in [-0.25, -0.2) is 4.79 Å². The van der Waals surface area contributed by atoms with Crippen molar-refractivity contribution in [3.05, 3.63) is 29.6 Å². The molecule has 0 bridgehead atoms. The van der Waals surface area contributed by atoms with Crippen LogP contribution in [0.15, 0.2) is 23.9 Å². The van der Waals surface area contributed by atoms with Crippen molar-refractivity contribution in [2.24, 2.45) is 7.05 Å². The Balaban J connectivity index is 1.91. The molecule has 18 heavy (non-hydrogen) atoms. The summed E-state index contributed by atoms with van der Waals surface area (Å²) < 4.78 is 1.74. The number of urea groups is 1. The normalized spacial score (nSPS) is 17.3. The fraction of sp³-hybridized carbons (Fsp3) is 0.538. The van der Waals surface area contributed by atoms with E-state index in [9.17, 15) is 4.79 Å². The number of amides is 2. The van der Waals surface area contributed by atoms with Crippen molar-refractivity contribution in [1.29, 1.82) is 0 Å². The largest absolute Gasteiger partial charge is 0.330 e. The highest BCUT2D eigenvalue weighted by Crippen LogP contribution is 2.12. The van der Waals surface area contributed by atoms with Gasteiger partial charge in [0.05, 0.1) is 11.7 Å². The van der Waals surface area contributed by atoms with E-state index in [1.54, 1.807) is 4.68 Å². The third-order valence-electron chi connectivity index (χ3n) is 3.24. The van der Waals surface area contributed by atoms with Gasteiger partial charge in [-0.1, -0.05) is 11.6 Å². The number of aryl methyl sites for hydroxylation is 1. The molecular weight excluding hydrogens is 228 g/mol. The number of carbonyl (C=O) groups excluding carboxylic acids is 1. The molecule has 1 aliphatic rings. The molecule has 1 unspecified atom stereocenters. The maximum Gasteiger partial charge on any atom is 0.318 e. The van der Waals surface area contributed by atoms with Crippen LogP contribution in [-0.4, -0.2) is 33.8 Å². The molecule has 5 nitrogen and oxygen atoms in total. The third kappa shape index (κ3) is 2.91. The van der Waals surface area contributed by atoms with Crippen LogP contribution in [0.25, 0.3) is 0 Å². The zero-order valence-corrected chi connectivity index (χ0v) is 11.2. The first-order chi connectivity index (χ1) is 8.56. The highest BCUT2D eigenvalue weighted by Gasteiger charge is 2.18. The van der Waals surface area contributed by atoms with E-state index in [-0.39, 0.29) is 12.1 Å². The van der Waals surface area contributed by atoms with Crippen molar-refractivity contribution in [1.82, 2.24) is 20.0 Å². The molecule has 1 atom stereocenters. The van der Waals surface area contributed by atoms with Crippen LogP contribution >= 0.6 is 0 Å². The van der Waals surface area contributed by atoms with Crippen molar-refractivity contribution >= 4 is 6.03 Å². The summed E-state index contributed by atoms with van der Waals surface area (Å²) in [5.74, 6) is 0. The number of hydrogen-bond acceptors (Lipinski definition) is 2. The molecule has 0 aliphatic carbocycles. The summed E-state index contributed by atoms with van der Waals surface area (Å²) in [5.41, 5.74) is 2.24. The molecule has 0 aromatic carbocycles. The number of nitrogens with zero attached hydrogens (tertiary/aromatic N) is 3. The summed E-state index contributed by atoms with van der Waals surface area (Å²) in [4.78, 5) is 13.9. The molecule has 0 saturated heterocycles. The van der Waals surface area contributed by atoms with Crippen LogP contribution in [0.2, 0.25) is 0 Å². The van der Waals surface area contributed by atoms with E-state index in [4.69, 9.17) is 0 Å². The lowest BCUT2D eigenvalue weighted by Crippen LogP contribution is -2.43. The molecule has 1 aromatic rings. The van der Waals surface area contributed by atoms with Crippen molar-refractivity contribution in [2.45, 2.75) is 26.3 Å². The van der Waals surface area contributed by atoms with Crippen LogP contribution in [0.5, 0.6) is 0 Å². The number of aromatic nitrogens is 2. The van der Waals surface area contributed by atoms with Gasteiger partial charge in [0.25, 0.3) is 0 Å². The highest BCUT2D eigenvalue weighted by atomic mass is 16.2. The molecule has 5 heteroatoms. The van der Waals surface area contributed by atoms with E-state index in [1.165, 1.54) is 5.57 Å². The quantitative estimate of drug-likeness (QED) is 0.812. The lowest BCUT2D eigenvalue weighted by Gasteiger charge is -2.27. The Morgan fingerprint density at radius 2 is 2.33 bits per heavy atom. The van der Waals surface area contributed by atoms with Crippen molar-refractivity contribution in [3.8, 4) is 0 Å². The standard InChI is InChI=1S/C13H20N4O/c1-10-4-8-17(9-5-10)13(18)14-11(2)12-6-7-16(3)15-12/h4,6-7,11H,5,8-9H2,1-3H3,(H,14,18). The predicted molar refractivity (Wildman–Crippen MR) is 70.1 cm³/mol. The van der Waals surface area contributed by atoms with E-state index < -0.39 is 0 Å². The van der Waals surface area contributed by atoms with Crippen LogP contribution in [0.3, 0.4) is 0 Å². The van der Waals surface area contributed by atoms with Crippen LogP contribution in [0, 0.1) is 0 Å². The van der Waals surface area contributed by atoms with Crippen LogP contribution in [0.1, 0.15) is 32.0 Å². The Morgan fingerprint density at radius 3 is 2.89 bits per heavy atom. The first kappa shape index (κ1) is 12.7. The van der Waals surface area contributed by atoms with Crippen LogP contribution < -0.4 is 5.32 Å². The second-order valence-electron chi connectivity index (χ2n) is 4.83. The monoisotopic (exact) mass is 248 g/mol. The molecule has 0 fully saturated rings. The minimum atomic E-state index is -0.0642. The van der Waals surface area contributed by atoms with Gasteiger partial charge in [-0.2, -0.15) is 5.10 Å². The van der Waals surface area contributed by atoms with Gasteiger partial charge in [0.2, 0.25) is 0 Å². The molecular formula is C13H20N4O. The average Bonchev–Trinajstić information content (AvgIpc) is 2.76. The average molecular weight is 248 g/mol. The van der Waals surface area contributed by atoms with Gasteiger partial charge in [0.15, 0.2) is 0 Å². The first-order valence-electron chi connectivity index (χ1n) is 6.27. The number of carbonyl (C=O) groups is 1. The maximum atomic E-state index is 12.0. The Labute approximate surface area is 107 Å². The Bertz CT molecular complexity index is 463. The van der Waals surface area contributed by atoms with Gasteiger partial charge in [-0.05, 0) is 26.3 Å². The SMILES string of the molecule is CC1=CCN(C(=O)NC(C)c2ccn(C)n2)CC1. The van der Waals surface area contributed by atoms with Gasteiger partial charge in [-0.3, -0.25) is 4.68 Å². The molecule has 0 radical (unpaired) electrons. The lowest BCUT2D eigenvalue weighted by atomic mass is 10.1. The van der Waals surface area contributed by atoms with Crippen molar-refractivity contribution < 1.29 is 4.79 Å². The van der Waals surface area contributed by atoms with Gasteiger partial charge in [0.1, 0.15) is 0 Å². The summed E-state index contributed by atoms with van der Waals surface area (Å²) in [6, 6.07) is 1.84. The fourth-order valence-corrected chi connectivity index (χ4v) is 1.97. The zero-order chi connectivity index (χ0) is 13.1. The maximum absolute atomic E-state index is 12.0. The van der Waals surface area contributed by atoms with Gasteiger partial charge in [0, 0.05) is 26.3 Å². The van der Waals surface area contributed by atoms with E-state index in [0.29, 0.717) is 6.54 Å². The summed E-state index contributed by atoms with van der Waals surface area (Å²) >= 11 is 0. The molecule has 2 rings (SSSR count). The van der Waals surface area contributed by atoms with E-state index in [0.717, 1.165) is 18.7 Å². The Kier molecular flexibility index (Phi) is 3.69. The second-order valence-corrected chi connectivity index (χ2v) is 4.83. The fourth-order valence-electron chi connectivity index (χ4n) is 1.97. The molecule has 2 amide bonds. The van der Waals surface area contributed by atoms with Crippen LogP contribution in [-0.2, 0) is 7.05 Å². The summed E-state index contributed by atoms with van der Waals surface area (Å²) in [7, 11) is 1.87.